The van der Waals surface area contributed by atoms with Crippen molar-refractivity contribution in [3.63, 3.8) is 0 Å². The Hall–Kier alpha value is -2.27. The van der Waals surface area contributed by atoms with Gasteiger partial charge in [-0.1, -0.05) is 40.2 Å². The lowest BCUT2D eigenvalue weighted by Crippen LogP contribution is -2.00. The molecule has 2 aromatic rings. The number of ether oxygens (including phenoxy) is 3. The van der Waals surface area contributed by atoms with Crippen LogP contribution in [0.4, 0.5) is 0 Å². The first-order valence-electron chi connectivity index (χ1n) is 6.94. The van der Waals surface area contributed by atoms with Crippen LogP contribution in [0.5, 0.6) is 11.5 Å². The van der Waals surface area contributed by atoms with Gasteiger partial charge in [-0.05, 0) is 29.8 Å². The molecule has 0 radical (unpaired) electrons. The van der Waals surface area contributed by atoms with Crippen molar-refractivity contribution >= 4 is 28.0 Å². The van der Waals surface area contributed by atoms with Gasteiger partial charge in [0.2, 0.25) is 0 Å². The van der Waals surface area contributed by atoms with Crippen molar-refractivity contribution in [2.45, 2.75) is 6.61 Å². The van der Waals surface area contributed by atoms with E-state index in [0.29, 0.717) is 11.5 Å². The minimum atomic E-state index is -0.419. The lowest BCUT2D eigenvalue weighted by Gasteiger charge is -2.09. The monoisotopic (exact) mass is 376 g/mol. The molecule has 0 fully saturated rings. The summed E-state index contributed by atoms with van der Waals surface area (Å²) in [7, 11) is 3.12. The zero-order chi connectivity index (χ0) is 16.7. The molecule has 0 heterocycles. The highest BCUT2D eigenvalue weighted by atomic mass is 79.9. The first kappa shape index (κ1) is 17.1. The molecule has 0 bridgehead atoms. The molecule has 0 atom stereocenters. The van der Waals surface area contributed by atoms with Crippen LogP contribution in [0.3, 0.4) is 0 Å². The first-order chi connectivity index (χ1) is 11.1. The molecular weight excluding hydrogens is 360 g/mol. The number of hydrogen-bond donors (Lipinski definition) is 0. The van der Waals surface area contributed by atoms with Gasteiger partial charge in [0.1, 0.15) is 6.61 Å². The Morgan fingerprint density at radius 2 is 1.83 bits per heavy atom. The fourth-order valence-corrected chi connectivity index (χ4v) is 2.25. The van der Waals surface area contributed by atoms with Crippen LogP contribution >= 0.6 is 15.9 Å². The molecule has 5 heteroatoms. The SMILES string of the molecule is COc1cccc(C=CC(=O)OCc2ccc(Br)cc2)c1OC. The lowest BCUT2D eigenvalue weighted by molar-refractivity contribution is -0.138. The summed E-state index contributed by atoms with van der Waals surface area (Å²) in [5, 5.41) is 0. The van der Waals surface area contributed by atoms with Gasteiger partial charge in [0.25, 0.3) is 0 Å². The highest BCUT2D eigenvalue weighted by Gasteiger charge is 2.07. The predicted molar refractivity (Wildman–Crippen MR) is 92.5 cm³/mol. The van der Waals surface area contributed by atoms with Crippen LogP contribution in [0.2, 0.25) is 0 Å². The normalized spacial score (nSPS) is 10.6. The molecule has 0 saturated heterocycles. The predicted octanol–water partition coefficient (Wildman–Crippen LogP) is 4.22. The van der Waals surface area contributed by atoms with E-state index in [1.54, 1.807) is 26.4 Å². The first-order valence-corrected chi connectivity index (χ1v) is 7.73. The quantitative estimate of drug-likeness (QED) is 0.559. The van der Waals surface area contributed by atoms with Gasteiger partial charge in [0.15, 0.2) is 11.5 Å². The molecule has 4 nitrogen and oxygen atoms in total. The number of esters is 1. The summed E-state index contributed by atoms with van der Waals surface area (Å²) in [5.74, 6) is 0.766. The standard InChI is InChI=1S/C18H17BrO4/c1-21-16-5-3-4-14(18(16)22-2)8-11-17(20)23-12-13-6-9-15(19)10-7-13/h3-11H,12H2,1-2H3. The number of halogens is 1. The van der Waals surface area contributed by atoms with Crippen molar-refractivity contribution in [1.29, 1.82) is 0 Å². The Balaban J connectivity index is 1.99. The summed E-state index contributed by atoms with van der Waals surface area (Å²) in [6.07, 6.45) is 3.02. The molecule has 2 rings (SSSR count). The van der Waals surface area contributed by atoms with E-state index in [4.69, 9.17) is 14.2 Å². The van der Waals surface area contributed by atoms with E-state index in [1.165, 1.54) is 6.08 Å². The summed E-state index contributed by atoms with van der Waals surface area (Å²) >= 11 is 3.36. The number of methoxy groups -OCH3 is 2. The molecule has 23 heavy (non-hydrogen) atoms. The fourth-order valence-electron chi connectivity index (χ4n) is 1.98. The molecule has 0 aliphatic heterocycles. The van der Waals surface area contributed by atoms with E-state index in [2.05, 4.69) is 15.9 Å². The van der Waals surface area contributed by atoms with Crippen molar-refractivity contribution < 1.29 is 19.0 Å². The Bertz CT molecular complexity index is 693. The molecule has 0 N–H and O–H groups in total. The summed E-state index contributed by atoms with van der Waals surface area (Å²) in [6, 6.07) is 13.1. The third kappa shape index (κ3) is 4.86. The van der Waals surface area contributed by atoms with Crippen molar-refractivity contribution in [2.75, 3.05) is 14.2 Å². The third-order valence-electron chi connectivity index (χ3n) is 3.13. The highest BCUT2D eigenvalue weighted by Crippen LogP contribution is 2.31. The molecule has 2 aromatic carbocycles. The molecule has 0 amide bonds. The second-order valence-electron chi connectivity index (χ2n) is 4.65. The van der Waals surface area contributed by atoms with Gasteiger partial charge < -0.3 is 14.2 Å². The Morgan fingerprint density at radius 3 is 2.48 bits per heavy atom. The topological polar surface area (TPSA) is 44.8 Å². The van der Waals surface area contributed by atoms with Crippen molar-refractivity contribution in [3.8, 4) is 11.5 Å². The number of carbonyl (C=O) groups is 1. The van der Waals surface area contributed by atoms with Crippen LogP contribution < -0.4 is 9.47 Å². The van der Waals surface area contributed by atoms with E-state index < -0.39 is 5.97 Å². The molecule has 0 unspecified atom stereocenters. The number of carbonyl (C=O) groups excluding carboxylic acids is 1. The van der Waals surface area contributed by atoms with Crippen LogP contribution in [0.15, 0.2) is 53.0 Å². The zero-order valence-electron chi connectivity index (χ0n) is 12.9. The van der Waals surface area contributed by atoms with E-state index >= 15 is 0 Å². The maximum Gasteiger partial charge on any atom is 0.331 e. The van der Waals surface area contributed by atoms with Gasteiger partial charge in [0, 0.05) is 16.1 Å². The minimum Gasteiger partial charge on any atom is -0.493 e. The smallest absolute Gasteiger partial charge is 0.331 e. The number of benzene rings is 2. The van der Waals surface area contributed by atoms with Crippen LogP contribution in [-0.4, -0.2) is 20.2 Å². The van der Waals surface area contributed by atoms with Crippen LogP contribution in [0.25, 0.3) is 6.08 Å². The van der Waals surface area contributed by atoms with Gasteiger partial charge in [-0.25, -0.2) is 4.79 Å². The Morgan fingerprint density at radius 1 is 1.09 bits per heavy atom. The van der Waals surface area contributed by atoms with Gasteiger partial charge in [-0.2, -0.15) is 0 Å². The summed E-state index contributed by atoms with van der Waals surface area (Å²) < 4.78 is 16.7. The van der Waals surface area contributed by atoms with Crippen LogP contribution in [0, 0.1) is 0 Å². The molecule has 0 aromatic heterocycles. The highest BCUT2D eigenvalue weighted by molar-refractivity contribution is 9.10. The molecule has 0 saturated carbocycles. The van der Waals surface area contributed by atoms with Gasteiger partial charge >= 0.3 is 5.97 Å². The van der Waals surface area contributed by atoms with E-state index in [-0.39, 0.29) is 6.61 Å². The van der Waals surface area contributed by atoms with Crippen molar-refractivity contribution in [1.82, 2.24) is 0 Å². The average molecular weight is 377 g/mol. The van der Waals surface area contributed by atoms with E-state index in [1.807, 2.05) is 36.4 Å². The van der Waals surface area contributed by atoms with E-state index in [9.17, 15) is 4.79 Å². The Labute approximate surface area is 143 Å². The van der Waals surface area contributed by atoms with Crippen LogP contribution in [0.1, 0.15) is 11.1 Å². The summed E-state index contributed by atoms with van der Waals surface area (Å²) in [4.78, 5) is 11.8. The maximum absolute atomic E-state index is 11.8. The minimum absolute atomic E-state index is 0.228. The van der Waals surface area contributed by atoms with Crippen LogP contribution in [-0.2, 0) is 16.1 Å². The number of para-hydroxylation sites is 1. The second kappa shape index (κ2) is 8.39. The van der Waals surface area contributed by atoms with Crippen molar-refractivity contribution in [2.24, 2.45) is 0 Å². The Kier molecular flexibility index (Phi) is 6.23. The van der Waals surface area contributed by atoms with Gasteiger partial charge in [-0.15, -0.1) is 0 Å². The van der Waals surface area contributed by atoms with Gasteiger partial charge in [-0.3, -0.25) is 0 Å². The largest absolute Gasteiger partial charge is 0.493 e. The number of hydrogen-bond acceptors (Lipinski definition) is 4. The van der Waals surface area contributed by atoms with Gasteiger partial charge in [0.05, 0.1) is 14.2 Å². The molecular formula is C18H17BrO4. The second-order valence-corrected chi connectivity index (χ2v) is 5.57. The summed E-state index contributed by atoms with van der Waals surface area (Å²) in [6.45, 7) is 0.228. The third-order valence-corrected chi connectivity index (χ3v) is 3.66. The van der Waals surface area contributed by atoms with Crippen molar-refractivity contribution in [3.05, 3.63) is 64.1 Å². The molecule has 0 spiro atoms. The molecule has 0 aliphatic carbocycles. The fraction of sp³-hybridized carbons (Fsp3) is 0.167. The maximum atomic E-state index is 11.8. The lowest BCUT2D eigenvalue weighted by atomic mass is 10.1. The average Bonchev–Trinajstić information content (AvgIpc) is 2.58. The molecule has 0 aliphatic rings. The van der Waals surface area contributed by atoms with E-state index in [0.717, 1.165) is 15.6 Å². The summed E-state index contributed by atoms with van der Waals surface area (Å²) in [5.41, 5.74) is 1.67. The number of rotatable bonds is 6. The molecule has 120 valence electrons. The zero-order valence-corrected chi connectivity index (χ0v) is 14.5.